The zero-order chi connectivity index (χ0) is 26.1. The van der Waals surface area contributed by atoms with Crippen molar-refractivity contribution in [2.45, 2.75) is 34.6 Å². The predicted octanol–water partition coefficient (Wildman–Crippen LogP) is 8.28. The smallest absolute Gasteiger partial charge is 0.271 e. The number of benzene rings is 4. The molecular weight excluding hydrogens is 476 g/mol. The van der Waals surface area contributed by atoms with Crippen LogP contribution in [0.15, 0.2) is 82.7 Å². The lowest BCUT2D eigenvalue weighted by Crippen LogP contribution is -2.30. The summed E-state index contributed by atoms with van der Waals surface area (Å²) in [7, 11) is 0. The number of hydrogen-bond acceptors (Lipinski definition) is 4. The maximum absolute atomic E-state index is 14.1. The van der Waals surface area contributed by atoms with E-state index in [9.17, 15) is 4.79 Å². The van der Waals surface area contributed by atoms with E-state index >= 15 is 0 Å². The van der Waals surface area contributed by atoms with Gasteiger partial charge in [-0.25, -0.2) is 4.99 Å². The van der Waals surface area contributed by atoms with Crippen molar-refractivity contribution in [1.82, 2.24) is 0 Å². The number of hydrogen-bond donors (Lipinski definition) is 0. The van der Waals surface area contributed by atoms with Crippen molar-refractivity contribution < 1.29 is 9.53 Å². The first kappa shape index (κ1) is 24.8. The normalized spacial score (nSPS) is 15.8. The molecule has 4 aromatic carbocycles. The largest absolute Gasteiger partial charge is 0.493 e. The fourth-order valence-corrected chi connectivity index (χ4v) is 5.77. The van der Waals surface area contributed by atoms with Crippen molar-refractivity contribution in [2.75, 3.05) is 11.5 Å². The number of amides is 1. The zero-order valence-corrected chi connectivity index (χ0v) is 22.6. The Bertz CT molecular complexity index is 1550. The van der Waals surface area contributed by atoms with E-state index in [0.29, 0.717) is 16.7 Å². The van der Waals surface area contributed by atoms with Crippen LogP contribution in [0.3, 0.4) is 0 Å². The molecule has 0 radical (unpaired) electrons. The molecule has 0 aliphatic carbocycles. The van der Waals surface area contributed by atoms with Gasteiger partial charge in [0.1, 0.15) is 5.75 Å². The second kappa shape index (κ2) is 10.3. The lowest BCUT2D eigenvalue weighted by molar-refractivity contribution is -0.113. The molecule has 1 aliphatic heterocycles. The lowest BCUT2D eigenvalue weighted by atomic mass is 10.0. The molecule has 5 heteroatoms. The fourth-order valence-electron chi connectivity index (χ4n) is 4.82. The highest BCUT2D eigenvalue weighted by Gasteiger charge is 2.36. The number of anilines is 1. The summed E-state index contributed by atoms with van der Waals surface area (Å²) in [4.78, 5) is 21.6. The Kier molecular flexibility index (Phi) is 6.90. The summed E-state index contributed by atoms with van der Waals surface area (Å²) in [5.41, 5.74) is 6.91. The SMILES string of the molecule is CCOc1ccc2ccccc2c1/C=C1\SC(=Nc2c(C)cccc2C)N(c2c(C)cccc2C)C1=O. The van der Waals surface area contributed by atoms with Gasteiger partial charge in [-0.15, -0.1) is 0 Å². The van der Waals surface area contributed by atoms with E-state index in [4.69, 9.17) is 9.73 Å². The quantitative estimate of drug-likeness (QED) is 0.256. The van der Waals surface area contributed by atoms with Crippen molar-refractivity contribution in [3.8, 4) is 5.75 Å². The molecule has 5 rings (SSSR count). The molecule has 0 atom stereocenters. The van der Waals surface area contributed by atoms with Gasteiger partial charge in [0.05, 0.1) is 22.9 Å². The maximum atomic E-state index is 14.1. The van der Waals surface area contributed by atoms with Crippen LogP contribution in [-0.2, 0) is 4.79 Å². The molecule has 186 valence electrons. The molecule has 4 nitrogen and oxygen atoms in total. The van der Waals surface area contributed by atoms with Crippen molar-refractivity contribution in [1.29, 1.82) is 0 Å². The molecule has 1 amide bonds. The number of rotatable bonds is 5. The van der Waals surface area contributed by atoms with Crippen LogP contribution in [0.25, 0.3) is 16.8 Å². The third-order valence-corrected chi connectivity index (χ3v) is 7.59. The second-order valence-electron chi connectivity index (χ2n) is 9.26. The number of para-hydroxylation sites is 2. The topological polar surface area (TPSA) is 41.9 Å². The van der Waals surface area contributed by atoms with Gasteiger partial charge in [0.25, 0.3) is 5.91 Å². The zero-order valence-electron chi connectivity index (χ0n) is 21.8. The molecule has 1 saturated heterocycles. The van der Waals surface area contributed by atoms with Crippen LogP contribution in [-0.4, -0.2) is 17.7 Å². The molecule has 0 unspecified atom stereocenters. The van der Waals surface area contributed by atoms with Gasteiger partial charge in [-0.2, -0.15) is 0 Å². The number of ether oxygens (including phenoxy) is 1. The van der Waals surface area contributed by atoms with E-state index in [0.717, 1.165) is 55.7 Å². The van der Waals surface area contributed by atoms with E-state index < -0.39 is 0 Å². The van der Waals surface area contributed by atoms with Gasteiger partial charge in [0.15, 0.2) is 5.17 Å². The van der Waals surface area contributed by atoms with Crippen LogP contribution in [0.4, 0.5) is 11.4 Å². The summed E-state index contributed by atoms with van der Waals surface area (Å²) in [5, 5.41) is 2.81. The van der Waals surface area contributed by atoms with Crippen LogP contribution in [0.2, 0.25) is 0 Å². The van der Waals surface area contributed by atoms with Gasteiger partial charge < -0.3 is 4.74 Å². The maximum Gasteiger partial charge on any atom is 0.271 e. The van der Waals surface area contributed by atoms with E-state index in [2.05, 4.69) is 44.2 Å². The number of fused-ring (bicyclic) bond motifs is 1. The Balaban J connectivity index is 1.72. The first-order chi connectivity index (χ1) is 17.9. The standard InChI is InChI=1S/C32H30N2O2S/c1-6-36-27-18-17-24-15-7-8-16-25(24)26(27)19-28-31(35)34(30-22(4)13-10-14-23(30)5)32(37-28)33-29-20(2)11-9-12-21(29)3/h7-19H,6H2,1-5H3/b28-19-,33-32?. The highest BCUT2D eigenvalue weighted by molar-refractivity contribution is 8.19. The molecule has 37 heavy (non-hydrogen) atoms. The molecule has 1 fully saturated rings. The average Bonchev–Trinajstić information content (AvgIpc) is 3.17. The van der Waals surface area contributed by atoms with E-state index in [1.807, 2.05) is 69.3 Å². The summed E-state index contributed by atoms with van der Waals surface area (Å²) in [6.45, 7) is 10.7. The molecule has 0 bridgehead atoms. The van der Waals surface area contributed by atoms with E-state index in [1.165, 1.54) is 11.8 Å². The third-order valence-electron chi connectivity index (χ3n) is 6.62. The molecular formula is C32H30N2O2S. The van der Waals surface area contributed by atoms with Gasteiger partial charge in [-0.1, -0.05) is 66.7 Å². The molecule has 1 heterocycles. The monoisotopic (exact) mass is 506 g/mol. The van der Waals surface area contributed by atoms with Crippen LogP contribution in [0, 0.1) is 27.7 Å². The van der Waals surface area contributed by atoms with E-state index in [-0.39, 0.29) is 5.91 Å². The van der Waals surface area contributed by atoms with Gasteiger partial charge in [0.2, 0.25) is 0 Å². The fraction of sp³-hybridized carbons (Fsp3) is 0.188. The number of nitrogens with zero attached hydrogens (tertiary/aromatic N) is 2. The first-order valence-electron chi connectivity index (χ1n) is 12.5. The Hall–Kier alpha value is -3.83. The van der Waals surface area contributed by atoms with Gasteiger partial charge in [0, 0.05) is 5.56 Å². The summed E-state index contributed by atoms with van der Waals surface area (Å²) in [6, 6.07) is 24.5. The number of amidine groups is 1. The van der Waals surface area contributed by atoms with Crippen molar-refractivity contribution in [2.24, 2.45) is 4.99 Å². The van der Waals surface area contributed by atoms with Crippen molar-refractivity contribution in [3.05, 3.63) is 106 Å². The molecule has 0 saturated carbocycles. The molecule has 0 spiro atoms. The number of carbonyl (C=O) groups is 1. The van der Waals surface area contributed by atoms with Gasteiger partial charge >= 0.3 is 0 Å². The first-order valence-corrected chi connectivity index (χ1v) is 13.3. The molecule has 0 N–H and O–H groups in total. The summed E-state index contributed by atoms with van der Waals surface area (Å²) >= 11 is 1.41. The van der Waals surface area contributed by atoms with Crippen LogP contribution < -0.4 is 9.64 Å². The summed E-state index contributed by atoms with van der Waals surface area (Å²) in [5.74, 6) is 0.684. The third kappa shape index (κ3) is 4.67. The Labute approximate surface area is 222 Å². The Morgan fingerprint density at radius 1 is 0.838 bits per heavy atom. The lowest BCUT2D eigenvalue weighted by Gasteiger charge is -2.21. The van der Waals surface area contributed by atoms with Gasteiger partial charge in [-0.05, 0) is 91.5 Å². The molecule has 0 aromatic heterocycles. The minimum Gasteiger partial charge on any atom is -0.493 e. The number of aliphatic imine (C=N–C) groups is 1. The second-order valence-corrected chi connectivity index (χ2v) is 10.3. The highest BCUT2D eigenvalue weighted by Crippen LogP contribution is 2.42. The van der Waals surface area contributed by atoms with Crippen LogP contribution >= 0.6 is 11.8 Å². The number of carbonyl (C=O) groups excluding carboxylic acids is 1. The predicted molar refractivity (Wildman–Crippen MR) is 157 cm³/mol. The van der Waals surface area contributed by atoms with E-state index in [1.54, 1.807) is 4.90 Å². The van der Waals surface area contributed by atoms with Gasteiger partial charge in [-0.3, -0.25) is 9.69 Å². The molecule has 4 aromatic rings. The minimum absolute atomic E-state index is 0.0808. The summed E-state index contributed by atoms with van der Waals surface area (Å²) in [6.07, 6.45) is 1.97. The Morgan fingerprint density at radius 3 is 2.16 bits per heavy atom. The van der Waals surface area contributed by atoms with Crippen LogP contribution in [0.1, 0.15) is 34.7 Å². The minimum atomic E-state index is -0.0808. The van der Waals surface area contributed by atoms with Crippen molar-refractivity contribution >= 4 is 51.1 Å². The van der Waals surface area contributed by atoms with Crippen molar-refractivity contribution in [3.63, 3.8) is 0 Å². The summed E-state index contributed by atoms with van der Waals surface area (Å²) < 4.78 is 5.99. The number of aryl methyl sites for hydroxylation is 4. The average molecular weight is 507 g/mol. The highest BCUT2D eigenvalue weighted by atomic mass is 32.2. The molecule has 1 aliphatic rings. The Morgan fingerprint density at radius 2 is 1.49 bits per heavy atom. The van der Waals surface area contributed by atoms with Crippen LogP contribution in [0.5, 0.6) is 5.75 Å². The number of thioether (sulfide) groups is 1.